The lowest BCUT2D eigenvalue weighted by Gasteiger charge is -2.48. The molecule has 1 spiro atoms. The predicted octanol–water partition coefficient (Wildman–Crippen LogP) is 3.71. The topological polar surface area (TPSA) is 12.0 Å². The molecule has 1 aliphatic heterocycles. The summed E-state index contributed by atoms with van der Waals surface area (Å²) >= 11 is 0. The standard InChI is InChI=1S/C17H22FN/c18-15-3-1-2-13(9-15)16-11-19-7-6-17(16)10-12-4-5-14(17)8-12/h1-3,9,12,14,16,19H,4-8,10-11H2. The van der Waals surface area contributed by atoms with Crippen LogP contribution in [-0.4, -0.2) is 13.1 Å². The maximum Gasteiger partial charge on any atom is 0.123 e. The van der Waals surface area contributed by atoms with Gasteiger partial charge in [-0.25, -0.2) is 4.39 Å². The van der Waals surface area contributed by atoms with E-state index in [4.69, 9.17) is 0 Å². The number of piperidine rings is 1. The summed E-state index contributed by atoms with van der Waals surface area (Å²) in [5.41, 5.74) is 1.70. The summed E-state index contributed by atoms with van der Waals surface area (Å²) in [6.07, 6.45) is 6.97. The van der Waals surface area contributed by atoms with E-state index in [1.165, 1.54) is 37.7 Å². The van der Waals surface area contributed by atoms with Crippen LogP contribution < -0.4 is 5.32 Å². The van der Waals surface area contributed by atoms with E-state index < -0.39 is 0 Å². The minimum absolute atomic E-state index is 0.0821. The van der Waals surface area contributed by atoms with E-state index in [9.17, 15) is 4.39 Å². The van der Waals surface area contributed by atoms with Gasteiger partial charge in [-0.1, -0.05) is 18.6 Å². The molecule has 1 saturated heterocycles. The minimum atomic E-state index is -0.0821. The molecular weight excluding hydrogens is 237 g/mol. The molecule has 0 amide bonds. The fourth-order valence-electron chi connectivity index (χ4n) is 5.34. The molecule has 2 bridgehead atoms. The van der Waals surface area contributed by atoms with Gasteiger partial charge in [-0.3, -0.25) is 0 Å². The largest absolute Gasteiger partial charge is 0.316 e. The van der Waals surface area contributed by atoms with Gasteiger partial charge in [0.1, 0.15) is 5.82 Å². The molecule has 4 atom stereocenters. The van der Waals surface area contributed by atoms with E-state index in [-0.39, 0.29) is 5.82 Å². The summed E-state index contributed by atoms with van der Waals surface area (Å²) in [4.78, 5) is 0. The van der Waals surface area contributed by atoms with E-state index in [0.717, 1.165) is 24.9 Å². The van der Waals surface area contributed by atoms with Gasteiger partial charge in [-0.05, 0) is 67.2 Å². The summed E-state index contributed by atoms with van der Waals surface area (Å²) in [5.74, 6) is 2.29. The Morgan fingerprint density at radius 1 is 1.26 bits per heavy atom. The highest BCUT2D eigenvalue weighted by Crippen LogP contribution is 2.63. The van der Waals surface area contributed by atoms with Crippen molar-refractivity contribution in [2.45, 2.75) is 38.0 Å². The Morgan fingerprint density at radius 2 is 2.21 bits per heavy atom. The molecule has 4 rings (SSSR count). The summed E-state index contributed by atoms with van der Waals surface area (Å²) < 4.78 is 13.6. The summed E-state index contributed by atoms with van der Waals surface area (Å²) in [6.45, 7) is 2.18. The zero-order valence-electron chi connectivity index (χ0n) is 11.4. The van der Waals surface area contributed by atoms with Crippen molar-refractivity contribution in [3.63, 3.8) is 0 Å². The highest BCUT2D eigenvalue weighted by atomic mass is 19.1. The van der Waals surface area contributed by atoms with Gasteiger partial charge in [-0.2, -0.15) is 0 Å². The third-order valence-corrected chi connectivity index (χ3v) is 6.08. The quantitative estimate of drug-likeness (QED) is 0.810. The van der Waals surface area contributed by atoms with Gasteiger partial charge in [0.25, 0.3) is 0 Å². The first-order valence-electron chi connectivity index (χ1n) is 7.74. The van der Waals surface area contributed by atoms with Crippen LogP contribution in [0.4, 0.5) is 4.39 Å². The van der Waals surface area contributed by atoms with Crippen LogP contribution in [0.15, 0.2) is 24.3 Å². The molecule has 1 N–H and O–H groups in total. The normalized spacial score (nSPS) is 41.0. The molecule has 1 aromatic rings. The van der Waals surface area contributed by atoms with Gasteiger partial charge in [0.2, 0.25) is 0 Å². The highest BCUT2D eigenvalue weighted by molar-refractivity contribution is 5.26. The molecule has 2 aliphatic carbocycles. The fourth-order valence-corrected chi connectivity index (χ4v) is 5.34. The van der Waals surface area contributed by atoms with Crippen molar-refractivity contribution in [3.8, 4) is 0 Å². The van der Waals surface area contributed by atoms with E-state index in [1.54, 1.807) is 12.1 Å². The van der Waals surface area contributed by atoms with Crippen molar-refractivity contribution in [1.82, 2.24) is 5.32 Å². The number of hydrogen-bond acceptors (Lipinski definition) is 1. The molecule has 3 aliphatic rings. The maximum absolute atomic E-state index is 13.6. The van der Waals surface area contributed by atoms with Crippen LogP contribution in [0.25, 0.3) is 0 Å². The third kappa shape index (κ3) is 1.76. The molecule has 1 aromatic carbocycles. The lowest BCUT2D eigenvalue weighted by atomic mass is 9.60. The number of halogens is 1. The molecule has 4 unspecified atom stereocenters. The average molecular weight is 259 g/mol. The van der Waals surface area contributed by atoms with Crippen LogP contribution in [0.3, 0.4) is 0 Å². The molecular formula is C17H22FN. The van der Waals surface area contributed by atoms with Gasteiger partial charge >= 0.3 is 0 Å². The van der Waals surface area contributed by atoms with Gasteiger partial charge in [0.05, 0.1) is 0 Å². The van der Waals surface area contributed by atoms with Crippen molar-refractivity contribution in [2.75, 3.05) is 13.1 Å². The number of benzene rings is 1. The Bertz CT molecular complexity index is 486. The highest BCUT2D eigenvalue weighted by Gasteiger charge is 2.55. The van der Waals surface area contributed by atoms with Gasteiger partial charge in [0.15, 0.2) is 0 Å². The summed E-state index contributed by atoms with van der Waals surface area (Å²) in [5, 5.41) is 3.54. The van der Waals surface area contributed by atoms with Crippen LogP contribution in [0, 0.1) is 23.1 Å². The molecule has 19 heavy (non-hydrogen) atoms. The van der Waals surface area contributed by atoms with Crippen LogP contribution in [-0.2, 0) is 0 Å². The van der Waals surface area contributed by atoms with Crippen LogP contribution in [0.2, 0.25) is 0 Å². The molecule has 3 fully saturated rings. The number of nitrogens with one attached hydrogen (secondary N) is 1. The zero-order chi connectivity index (χ0) is 12.9. The second-order valence-electron chi connectivity index (χ2n) is 6.88. The molecule has 1 heterocycles. The lowest BCUT2D eigenvalue weighted by molar-refractivity contribution is 0.0818. The second-order valence-corrected chi connectivity index (χ2v) is 6.88. The van der Waals surface area contributed by atoms with Gasteiger partial charge < -0.3 is 5.32 Å². The number of hydrogen-bond donors (Lipinski definition) is 1. The van der Waals surface area contributed by atoms with Crippen LogP contribution in [0.1, 0.15) is 43.6 Å². The Kier molecular flexibility index (Phi) is 2.70. The lowest BCUT2D eigenvalue weighted by Crippen LogP contribution is -2.46. The average Bonchev–Trinajstić information content (AvgIpc) is 3.00. The summed E-state index contributed by atoms with van der Waals surface area (Å²) in [7, 11) is 0. The van der Waals surface area contributed by atoms with Crippen LogP contribution in [0.5, 0.6) is 0 Å². The SMILES string of the molecule is Fc1cccc(C2CNCCC23CC2CCC3C2)c1. The minimum Gasteiger partial charge on any atom is -0.316 e. The third-order valence-electron chi connectivity index (χ3n) is 6.08. The van der Waals surface area contributed by atoms with Crippen molar-refractivity contribution in [2.24, 2.45) is 17.3 Å². The van der Waals surface area contributed by atoms with Crippen molar-refractivity contribution in [3.05, 3.63) is 35.6 Å². The smallest absolute Gasteiger partial charge is 0.123 e. The summed E-state index contributed by atoms with van der Waals surface area (Å²) in [6, 6.07) is 7.34. The van der Waals surface area contributed by atoms with Crippen molar-refractivity contribution >= 4 is 0 Å². The molecule has 0 radical (unpaired) electrons. The monoisotopic (exact) mass is 259 g/mol. The Hall–Kier alpha value is -0.890. The molecule has 0 aromatic heterocycles. The Labute approximate surface area is 114 Å². The maximum atomic E-state index is 13.6. The molecule has 102 valence electrons. The van der Waals surface area contributed by atoms with E-state index in [0.29, 0.717) is 11.3 Å². The van der Waals surface area contributed by atoms with Crippen LogP contribution >= 0.6 is 0 Å². The van der Waals surface area contributed by atoms with Gasteiger partial charge in [0, 0.05) is 12.5 Å². The van der Waals surface area contributed by atoms with Crippen molar-refractivity contribution < 1.29 is 4.39 Å². The Balaban J connectivity index is 1.72. The molecule has 1 nitrogen and oxygen atoms in total. The first-order chi connectivity index (χ1) is 9.28. The number of fused-ring (bicyclic) bond motifs is 3. The number of rotatable bonds is 1. The zero-order valence-corrected chi connectivity index (χ0v) is 11.4. The Morgan fingerprint density at radius 3 is 2.95 bits per heavy atom. The van der Waals surface area contributed by atoms with Crippen molar-refractivity contribution in [1.29, 1.82) is 0 Å². The molecule has 2 heteroatoms. The van der Waals surface area contributed by atoms with E-state index >= 15 is 0 Å². The van der Waals surface area contributed by atoms with E-state index in [1.807, 2.05) is 6.07 Å². The second kappa shape index (κ2) is 4.31. The predicted molar refractivity (Wildman–Crippen MR) is 74.5 cm³/mol. The van der Waals surface area contributed by atoms with E-state index in [2.05, 4.69) is 11.4 Å². The first-order valence-corrected chi connectivity index (χ1v) is 7.74. The molecule has 2 saturated carbocycles. The fraction of sp³-hybridized carbons (Fsp3) is 0.647. The van der Waals surface area contributed by atoms with Gasteiger partial charge in [-0.15, -0.1) is 0 Å². The first kappa shape index (κ1) is 11.9.